The minimum Gasteiger partial charge on any atom is -0.307 e. The molecule has 0 saturated carbocycles. The van der Waals surface area contributed by atoms with Gasteiger partial charge >= 0.3 is 0 Å². The molecule has 2 aromatic heterocycles. The molecular formula is C10H9ClN6O. The highest BCUT2D eigenvalue weighted by Crippen LogP contribution is 2.10. The van der Waals surface area contributed by atoms with Crippen LogP contribution in [0.1, 0.15) is 10.5 Å². The second kappa shape index (κ2) is 5.39. The lowest BCUT2D eigenvalue weighted by Gasteiger charge is -2.04. The second-order valence-corrected chi connectivity index (χ2v) is 3.69. The third kappa shape index (κ3) is 2.90. The van der Waals surface area contributed by atoms with Crippen LogP contribution in [-0.4, -0.2) is 20.9 Å². The lowest BCUT2D eigenvalue weighted by atomic mass is 10.4. The van der Waals surface area contributed by atoms with E-state index in [4.69, 9.17) is 17.4 Å². The van der Waals surface area contributed by atoms with Crippen molar-refractivity contribution in [1.29, 1.82) is 0 Å². The van der Waals surface area contributed by atoms with Gasteiger partial charge in [0.2, 0.25) is 0 Å². The zero-order chi connectivity index (χ0) is 13.0. The van der Waals surface area contributed by atoms with Gasteiger partial charge in [-0.05, 0) is 12.1 Å². The Labute approximate surface area is 107 Å². The highest BCUT2D eigenvalue weighted by atomic mass is 35.5. The van der Waals surface area contributed by atoms with Gasteiger partial charge < -0.3 is 10.7 Å². The third-order valence-corrected chi connectivity index (χ3v) is 2.21. The molecule has 18 heavy (non-hydrogen) atoms. The fourth-order valence-electron chi connectivity index (χ4n) is 1.18. The predicted molar refractivity (Wildman–Crippen MR) is 67.0 cm³/mol. The van der Waals surface area contributed by atoms with Gasteiger partial charge in [0, 0.05) is 6.20 Å². The van der Waals surface area contributed by atoms with E-state index in [9.17, 15) is 4.79 Å². The second-order valence-electron chi connectivity index (χ2n) is 3.25. The quantitative estimate of drug-likeness (QED) is 0.565. The van der Waals surface area contributed by atoms with Gasteiger partial charge in [-0.15, -0.1) is 0 Å². The minimum absolute atomic E-state index is 0.127. The number of nitrogens with two attached hydrogens (primary N) is 1. The normalized spacial score (nSPS) is 9.89. The van der Waals surface area contributed by atoms with Crippen LogP contribution in [0, 0.1) is 0 Å². The van der Waals surface area contributed by atoms with E-state index >= 15 is 0 Å². The highest BCUT2D eigenvalue weighted by molar-refractivity contribution is 6.30. The average Bonchev–Trinajstić information content (AvgIpc) is 2.41. The van der Waals surface area contributed by atoms with Crippen LogP contribution in [0.4, 0.5) is 11.6 Å². The molecule has 7 nitrogen and oxygen atoms in total. The molecular weight excluding hydrogens is 256 g/mol. The van der Waals surface area contributed by atoms with Crippen molar-refractivity contribution in [1.82, 2.24) is 15.0 Å². The van der Waals surface area contributed by atoms with Gasteiger partial charge in [0.15, 0.2) is 5.82 Å². The molecule has 92 valence electrons. The maximum absolute atomic E-state index is 11.8. The number of nitrogens with one attached hydrogen (secondary N) is 2. The number of carbonyl (C=O) groups is 1. The van der Waals surface area contributed by atoms with Crippen LogP contribution in [0.3, 0.4) is 0 Å². The first-order valence-electron chi connectivity index (χ1n) is 4.90. The number of halogens is 1. The fraction of sp³-hybridized carbons (Fsp3) is 0. The summed E-state index contributed by atoms with van der Waals surface area (Å²) < 4.78 is 0. The van der Waals surface area contributed by atoms with Crippen molar-refractivity contribution in [2.75, 3.05) is 10.7 Å². The number of pyridine rings is 1. The number of anilines is 2. The van der Waals surface area contributed by atoms with Crippen molar-refractivity contribution >= 4 is 29.1 Å². The Morgan fingerprint density at radius 2 is 2.06 bits per heavy atom. The zero-order valence-corrected chi connectivity index (χ0v) is 9.85. The SMILES string of the molecule is NNc1cncc(C(=O)Nc2ccc(Cl)cn2)n1. The molecule has 0 fully saturated rings. The maximum atomic E-state index is 11.8. The molecule has 4 N–H and O–H groups in total. The summed E-state index contributed by atoms with van der Waals surface area (Å²) in [6.07, 6.45) is 4.16. The molecule has 8 heteroatoms. The summed E-state index contributed by atoms with van der Waals surface area (Å²) in [7, 11) is 0. The molecule has 2 rings (SSSR count). The molecule has 0 atom stereocenters. The molecule has 0 aliphatic carbocycles. The Kier molecular flexibility index (Phi) is 3.66. The summed E-state index contributed by atoms with van der Waals surface area (Å²) in [5.41, 5.74) is 2.43. The first-order valence-corrected chi connectivity index (χ1v) is 5.28. The average molecular weight is 265 g/mol. The molecule has 2 heterocycles. The smallest absolute Gasteiger partial charge is 0.277 e. The van der Waals surface area contributed by atoms with E-state index < -0.39 is 5.91 Å². The molecule has 0 aliphatic heterocycles. The van der Waals surface area contributed by atoms with Crippen molar-refractivity contribution in [3.63, 3.8) is 0 Å². The number of hydrogen-bond donors (Lipinski definition) is 3. The van der Waals surface area contributed by atoms with E-state index in [0.29, 0.717) is 16.7 Å². The Morgan fingerprint density at radius 3 is 2.72 bits per heavy atom. The Balaban J connectivity index is 2.14. The third-order valence-electron chi connectivity index (χ3n) is 1.98. The number of hydrogen-bond acceptors (Lipinski definition) is 6. The zero-order valence-electron chi connectivity index (χ0n) is 9.09. The molecule has 2 aromatic rings. The van der Waals surface area contributed by atoms with Crippen molar-refractivity contribution in [2.24, 2.45) is 5.84 Å². The van der Waals surface area contributed by atoms with Crippen LogP contribution in [0.2, 0.25) is 5.02 Å². The van der Waals surface area contributed by atoms with E-state index in [-0.39, 0.29) is 5.69 Å². The lowest BCUT2D eigenvalue weighted by Crippen LogP contribution is -2.17. The summed E-state index contributed by atoms with van der Waals surface area (Å²) in [5, 5.41) is 3.05. The topological polar surface area (TPSA) is 106 Å². The number of hydrazine groups is 1. The minimum atomic E-state index is -0.436. The number of aromatic nitrogens is 3. The van der Waals surface area contributed by atoms with Gasteiger partial charge in [0.1, 0.15) is 11.5 Å². The maximum Gasteiger partial charge on any atom is 0.277 e. The van der Waals surface area contributed by atoms with E-state index in [1.165, 1.54) is 18.6 Å². The number of amides is 1. The van der Waals surface area contributed by atoms with E-state index in [1.807, 2.05) is 0 Å². The van der Waals surface area contributed by atoms with Crippen molar-refractivity contribution in [3.05, 3.63) is 41.4 Å². The molecule has 0 bridgehead atoms. The molecule has 1 amide bonds. The lowest BCUT2D eigenvalue weighted by molar-refractivity contribution is 0.102. The largest absolute Gasteiger partial charge is 0.307 e. The number of carbonyl (C=O) groups excluding carboxylic acids is 1. The van der Waals surface area contributed by atoms with Crippen LogP contribution in [0.15, 0.2) is 30.7 Å². The fourth-order valence-corrected chi connectivity index (χ4v) is 1.29. The summed E-state index contributed by atoms with van der Waals surface area (Å²) >= 11 is 5.69. The van der Waals surface area contributed by atoms with Crippen LogP contribution in [0.5, 0.6) is 0 Å². The molecule has 0 aromatic carbocycles. The van der Waals surface area contributed by atoms with Crippen LogP contribution < -0.4 is 16.6 Å². The first kappa shape index (κ1) is 12.2. The van der Waals surface area contributed by atoms with Crippen molar-refractivity contribution < 1.29 is 4.79 Å². The van der Waals surface area contributed by atoms with Gasteiger partial charge in [0.25, 0.3) is 5.91 Å². The van der Waals surface area contributed by atoms with Crippen molar-refractivity contribution in [2.45, 2.75) is 0 Å². The van der Waals surface area contributed by atoms with Crippen LogP contribution >= 0.6 is 11.6 Å². The number of nitrogens with zero attached hydrogens (tertiary/aromatic N) is 3. The molecule has 0 aliphatic rings. The summed E-state index contributed by atoms with van der Waals surface area (Å²) in [4.78, 5) is 23.5. The molecule has 0 radical (unpaired) electrons. The Hall–Kier alpha value is -2.25. The van der Waals surface area contributed by atoms with E-state index in [0.717, 1.165) is 0 Å². The van der Waals surface area contributed by atoms with E-state index in [1.54, 1.807) is 12.1 Å². The van der Waals surface area contributed by atoms with Crippen molar-refractivity contribution in [3.8, 4) is 0 Å². The Morgan fingerprint density at radius 1 is 1.22 bits per heavy atom. The van der Waals surface area contributed by atoms with E-state index in [2.05, 4.69) is 25.7 Å². The summed E-state index contributed by atoms with van der Waals surface area (Å²) in [6, 6.07) is 3.20. The Bertz CT molecular complexity index is 559. The van der Waals surface area contributed by atoms with Crippen LogP contribution in [0.25, 0.3) is 0 Å². The van der Waals surface area contributed by atoms with Gasteiger partial charge in [-0.25, -0.2) is 15.8 Å². The molecule has 0 saturated heterocycles. The first-order chi connectivity index (χ1) is 8.69. The standard InChI is InChI=1S/C10H9ClN6O/c11-6-1-2-8(14-3-6)16-10(18)7-4-13-5-9(15-7)17-12/h1-5H,12H2,(H,15,17)(H,14,16,18). The van der Waals surface area contributed by atoms with Gasteiger partial charge in [-0.1, -0.05) is 11.6 Å². The monoisotopic (exact) mass is 264 g/mol. The highest BCUT2D eigenvalue weighted by Gasteiger charge is 2.09. The van der Waals surface area contributed by atoms with Gasteiger partial charge in [-0.3, -0.25) is 9.78 Å². The molecule has 0 unspecified atom stereocenters. The summed E-state index contributed by atoms with van der Waals surface area (Å²) in [6.45, 7) is 0. The number of rotatable bonds is 3. The summed E-state index contributed by atoms with van der Waals surface area (Å²) in [5.74, 6) is 5.41. The predicted octanol–water partition coefficient (Wildman–Crippen LogP) is 1.06. The number of nitrogen functional groups attached to an aromatic ring is 1. The van der Waals surface area contributed by atoms with Gasteiger partial charge in [0.05, 0.1) is 17.4 Å². The molecule has 0 spiro atoms. The van der Waals surface area contributed by atoms with Gasteiger partial charge in [-0.2, -0.15) is 0 Å². The van der Waals surface area contributed by atoms with Crippen LogP contribution in [-0.2, 0) is 0 Å².